The summed E-state index contributed by atoms with van der Waals surface area (Å²) < 4.78 is 40.5. The molecule has 0 aliphatic heterocycles. The first-order valence-electron chi connectivity index (χ1n) is 5.25. The Morgan fingerprint density at radius 3 is 2.47 bits per heavy atom. The molecule has 19 heavy (non-hydrogen) atoms. The van der Waals surface area contributed by atoms with Crippen LogP contribution in [0.5, 0.6) is 0 Å². The summed E-state index contributed by atoms with van der Waals surface area (Å²) in [6.07, 6.45) is 1.11. The van der Waals surface area contributed by atoms with Crippen LogP contribution in [0.25, 0.3) is 5.69 Å². The number of nitrogens with zero attached hydrogens (tertiary/aromatic N) is 3. The number of carboxylic acid groups (broad SMARTS) is 1. The number of hydrogen-bond donors (Lipinski definition) is 1. The molecule has 2 aromatic rings. The summed E-state index contributed by atoms with van der Waals surface area (Å²) in [4.78, 5) is 10.4. The molecule has 1 aromatic heterocycles. The number of hydrogen-bond acceptors (Lipinski definition) is 3. The van der Waals surface area contributed by atoms with E-state index in [1.807, 2.05) is 0 Å². The van der Waals surface area contributed by atoms with E-state index in [9.17, 15) is 18.0 Å². The molecule has 8 heteroatoms. The van der Waals surface area contributed by atoms with Gasteiger partial charge in [-0.05, 0) is 0 Å². The zero-order valence-corrected chi connectivity index (χ0v) is 9.48. The van der Waals surface area contributed by atoms with Crippen molar-refractivity contribution in [3.05, 3.63) is 41.5 Å². The van der Waals surface area contributed by atoms with Crippen molar-refractivity contribution in [1.29, 1.82) is 0 Å². The molecule has 1 aromatic carbocycles. The summed E-state index contributed by atoms with van der Waals surface area (Å²) in [7, 11) is 0. The van der Waals surface area contributed by atoms with E-state index in [0.717, 1.165) is 4.68 Å². The van der Waals surface area contributed by atoms with E-state index in [1.54, 1.807) is 0 Å². The van der Waals surface area contributed by atoms with Crippen molar-refractivity contribution in [1.82, 2.24) is 15.0 Å². The van der Waals surface area contributed by atoms with Crippen LogP contribution >= 0.6 is 0 Å². The number of aromatic nitrogens is 3. The van der Waals surface area contributed by atoms with Crippen molar-refractivity contribution < 1.29 is 23.1 Å². The van der Waals surface area contributed by atoms with E-state index < -0.39 is 29.1 Å². The second-order valence-corrected chi connectivity index (χ2v) is 3.77. The highest BCUT2D eigenvalue weighted by Gasteiger charge is 2.15. The van der Waals surface area contributed by atoms with Crippen LogP contribution in [-0.4, -0.2) is 26.1 Å². The Bertz CT molecular complexity index is 604. The Kier molecular flexibility index (Phi) is 3.50. The Morgan fingerprint density at radius 1 is 1.26 bits per heavy atom. The molecule has 0 bridgehead atoms. The van der Waals surface area contributed by atoms with Crippen LogP contribution in [-0.2, 0) is 11.2 Å². The molecule has 0 saturated heterocycles. The van der Waals surface area contributed by atoms with E-state index in [-0.39, 0.29) is 18.5 Å². The van der Waals surface area contributed by atoms with Gasteiger partial charge in [-0.3, -0.25) is 4.79 Å². The van der Waals surface area contributed by atoms with Gasteiger partial charge in [0.2, 0.25) is 0 Å². The van der Waals surface area contributed by atoms with E-state index in [0.29, 0.717) is 12.1 Å². The lowest BCUT2D eigenvalue weighted by atomic mass is 10.2. The van der Waals surface area contributed by atoms with Crippen LogP contribution in [0, 0.1) is 17.5 Å². The lowest BCUT2D eigenvalue weighted by molar-refractivity contribution is -0.136. The highest BCUT2D eigenvalue weighted by atomic mass is 19.1. The minimum atomic E-state index is -1.12. The van der Waals surface area contributed by atoms with E-state index in [4.69, 9.17) is 5.11 Å². The Balaban J connectivity index is 2.30. The largest absolute Gasteiger partial charge is 0.481 e. The van der Waals surface area contributed by atoms with Gasteiger partial charge in [-0.2, -0.15) is 0 Å². The van der Waals surface area contributed by atoms with Crippen LogP contribution in [0.1, 0.15) is 12.1 Å². The third kappa shape index (κ3) is 2.90. The predicted molar refractivity (Wildman–Crippen MR) is 57.2 cm³/mol. The molecule has 1 N–H and O–H groups in total. The quantitative estimate of drug-likeness (QED) is 0.919. The first kappa shape index (κ1) is 13.1. The number of halogens is 3. The molecule has 0 unspecified atom stereocenters. The van der Waals surface area contributed by atoms with Crippen molar-refractivity contribution in [3.63, 3.8) is 0 Å². The summed E-state index contributed by atoms with van der Waals surface area (Å²) in [5, 5.41) is 15.6. The van der Waals surface area contributed by atoms with Crippen molar-refractivity contribution in [2.45, 2.75) is 12.8 Å². The van der Waals surface area contributed by atoms with Crippen molar-refractivity contribution in [2.24, 2.45) is 0 Å². The highest BCUT2D eigenvalue weighted by Crippen LogP contribution is 2.18. The highest BCUT2D eigenvalue weighted by molar-refractivity contribution is 5.66. The van der Waals surface area contributed by atoms with Gasteiger partial charge in [0.05, 0.1) is 18.3 Å². The maximum Gasteiger partial charge on any atom is 0.303 e. The first-order valence-corrected chi connectivity index (χ1v) is 5.25. The lowest BCUT2D eigenvalue weighted by Gasteiger charge is -2.03. The monoisotopic (exact) mass is 271 g/mol. The molecule has 2 rings (SSSR count). The summed E-state index contributed by atoms with van der Waals surface area (Å²) in [5.41, 5.74) is -0.291. The van der Waals surface area contributed by atoms with E-state index in [1.165, 1.54) is 6.20 Å². The van der Waals surface area contributed by atoms with Gasteiger partial charge in [0.15, 0.2) is 11.6 Å². The van der Waals surface area contributed by atoms with Gasteiger partial charge in [0.25, 0.3) is 0 Å². The Labute approximate surface area is 105 Å². The second kappa shape index (κ2) is 5.09. The molecule has 1 heterocycles. The average Bonchev–Trinajstić information content (AvgIpc) is 2.73. The van der Waals surface area contributed by atoms with Crippen molar-refractivity contribution in [2.75, 3.05) is 0 Å². The van der Waals surface area contributed by atoms with Gasteiger partial charge < -0.3 is 5.11 Å². The fourth-order valence-corrected chi connectivity index (χ4v) is 1.51. The smallest absolute Gasteiger partial charge is 0.303 e. The fourth-order valence-electron chi connectivity index (χ4n) is 1.51. The topological polar surface area (TPSA) is 68.0 Å². The van der Waals surface area contributed by atoms with Crippen LogP contribution in [0.15, 0.2) is 18.3 Å². The van der Waals surface area contributed by atoms with E-state index in [2.05, 4.69) is 10.3 Å². The SMILES string of the molecule is O=C(O)CCc1cn(-c2c(F)cc(F)cc2F)nn1. The summed E-state index contributed by atoms with van der Waals surface area (Å²) in [5.74, 6) is -4.29. The molecule has 5 nitrogen and oxygen atoms in total. The Hall–Kier alpha value is -2.38. The van der Waals surface area contributed by atoms with Crippen LogP contribution in [0.2, 0.25) is 0 Å². The number of carboxylic acids is 1. The predicted octanol–water partition coefficient (Wildman–Crippen LogP) is 1.70. The van der Waals surface area contributed by atoms with Gasteiger partial charge in [0, 0.05) is 18.6 Å². The molecule has 0 radical (unpaired) electrons. The van der Waals surface area contributed by atoms with Crippen LogP contribution in [0.3, 0.4) is 0 Å². The molecular formula is C11H8F3N3O2. The number of aliphatic carboxylic acids is 1. The Morgan fingerprint density at radius 2 is 1.89 bits per heavy atom. The molecule has 0 atom stereocenters. The standard InChI is InChI=1S/C11H8F3N3O2/c12-6-3-8(13)11(9(14)4-6)17-5-7(15-16-17)1-2-10(18)19/h3-5H,1-2H2,(H,18,19). The summed E-state index contributed by atoms with van der Waals surface area (Å²) >= 11 is 0. The third-order valence-electron chi connectivity index (χ3n) is 2.35. The molecule has 0 aliphatic carbocycles. The van der Waals surface area contributed by atoms with Gasteiger partial charge in [-0.1, -0.05) is 5.21 Å². The fraction of sp³-hybridized carbons (Fsp3) is 0.182. The summed E-state index contributed by atoms with van der Waals surface area (Å²) in [6.45, 7) is 0. The molecule has 0 fully saturated rings. The van der Waals surface area contributed by atoms with Gasteiger partial charge >= 0.3 is 5.97 Å². The minimum Gasteiger partial charge on any atom is -0.481 e. The van der Waals surface area contributed by atoms with Crippen LogP contribution in [0.4, 0.5) is 13.2 Å². The molecule has 0 saturated carbocycles. The molecular weight excluding hydrogens is 263 g/mol. The van der Waals surface area contributed by atoms with E-state index >= 15 is 0 Å². The average molecular weight is 271 g/mol. The van der Waals surface area contributed by atoms with Gasteiger partial charge in [-0.25, -0.2) is 17.9 Å². The maximum atomic E-state index is 13.5. The van der Waals surface area contributed by atoms with Gasteiger partial charge in [-0.15, -0.1) is 5.10 Å². The number of aryl methyl sites for hydroxylation is 1. The molecule has 0 amide bonds. The molecule has 100 valence electrons. The van der Waals surface area contributed by atoms with Crippen molar-refractivity contribution in [3.8, 4) is 5.69 Å². The molecule has 0 aliphatic rings. The lowest BCUT2D eigenvalue weighted by Crippen LogP contribution is -2.03. The second-order valence-electron chi connectivity index (χ2n) is 3.77. The first-order chi connectivity index (χ1) is 8.97. The molecule has 0 spiro atoms. The van der Waals surface area contributed by atoms with Gasteiger partial charge in [0.1, 0.15) is 11.5 Å². The van der Waals surface area contributed by atoms with Crippen molar-refractivity contribution >= 4 is 5.97 Å². The zero-order chi connectivity index (χ0) is 14.0. The number of rotatable bonds is 4. The maximum absolute atomic E-state index is 13.5. The summed E-state index contributed by atoms with van der Waals surface area (Å²) in [6, 6.07) is 1.05. The number of benzene rings is 1. The number of carbonyl (C=O) groups is 1. The normalized spacial score (nSPS) is 10.7. The van der Waals surface area contributed by atoms with Crippen LogP contribution < -0.4 is 0 Å². The minimum absolute atomic E-state index is 0.0831. The zero-order valence-electron chi connectivity index (χ0n) is 9.48. The third-order valence-corrected chi connectivity index (χ3v) is 2.35.